The van der Waals surface area contributed by atoms with Crippen molar-refractivity contribution in [2.75, 3.05) is 40.9 Å². The fourth-order valence-corrected chi connectivity index (χ4v) is 10.2. The van der Waals surface area contributed by atoms with Crippen LogP contribution < -0.4 is 5.32 Å². The summed E-state index contributed by atoms with van der Waals surface area (Å²) in [6.07, 6.45) is 64.8. The van der Waals surface area contributed by atoms with E-state index in [2.05, 4.69) is 19.2 Å². The maximum Gasteiger partial charge on any atom is 0.472 e. The van der Waals surface area contributed by atoms with Gasteiger partial charge in [-0.3, -0.25) is 13.8 Å². The molecule has 412 valence electrons. The molecule has 3 atom stereocenters. The number of aliphatic hydroxyl groups is 1. The minimum Gasteiger partial charge on any atom is -0.387 e. The van der Waals surface area contributed by atoms with Crippen molar-refractivity contribution >= 4 is 13.7 Å². The van der Waals surface area contributed by atoms with Crippen molar-refractivity contribution in [2.24, 2.45) is 0 Å². The van der Waals surface area contributed by atoms with Crippen LogP contribution >= 0.6 is 7.82 Å². The first-order valence-corrected chi connectivity index (χ1v) is 32.1. The molecular weight excluding hydrogens is 876 g/mol. The zero-order valence-electron chi connectivity index (χ0n) is 47.1. The van der Waals surface area contributed by atoms with E-state index in [1.165, 1.54) is 263 Å². The number of unbranched alkanes of at least 4 members (excludes halogenated alkanes) is 44. The fourth-order valence-electron chi connectivity index (χ4n) is 9.46. The van der Waals surface area contributed by atoms with Gasteiger partial charge in [0.25, 0.3) is 0 Å². The van der Waals surface area contributed by atoms with Gasteiger partial charge in [0.15, 0.2) is 0 Å². The Hall–Kier alpha value is -0.760. The first-order chi connectivity index (χ1) is 33.5. The van der Waals surface area contributed by atoms with E-state index in [0.717, 1.165) is 32.1 Å². The molecule has 3 unspecified atom stereocenters. The smallest absolute Gasteiger partial charge is 0.387 e. The minimum atomic E-state index is -4.34. The van der Waals surface area contributed by atoms with Gasteiger partial charge in [-0.2, -0.15) is 0 Å². The third kappa shape index (κ3) is 54.8. The van der Waals surface area contributed by atoms with Crippen molar-refractivity contribution in [3.63, 3.8) is 0 Å². The van der Waals surface area contributed by atoms with Crippen molar-refractivity contribution in [3.05, 3.63) is 12.2 Å². The Kier molecular flexibility index (Phi) is 51.5. The van der Waals surface area contributed by atoms with Gasteiger partial charge in [-0.15, -0.1) is 0 Å². The van der Waals surface area contributed by atoms with E-state index < -0.39 is 20.0 Å². The predicted molar refractivity (Wildman–Crippen MR) is 300 cm³/mol. The van der Waals surface area contributed by atoms with Crippen LogP contribution in [0.3, 0.4) is 0 Å². The standard InChI is InChI=1S/C60H121N2O6P/c1-6-8-10-12-14-16-18-20-22-23-24-25-26-27-28-29-30-31-32-33-34-35-36-37-38-40-41-43-45-47-49-51-53-59(63)58(57-68-69(65,66)67-56-55-62(3,4)5)61-60(64)54-52-50-48-46-44-42-39-21-19-17-15-13-11-9-7-2/h51,53,58-59,63H,6-50,52,54-57H2,1-5H3,(H-,61,64,65,66)/p+1/b53-51+. The van der Waals surface area contributed by atoms with Crippen molar-refractivity contribution < 1.29 is 32.9 Å². The van der Waals surface area contributed by atoms with Crippen molar-refractivity contribution in [1.29, 1.82) is 0 Å². The van der Waals surface area contributed by atoms with E-state index in [0.29, 0.717) is 17.4 Å². The van der Waals surface area contributed by atoms with Gasteiger partial charge in [-0.1, -0.05) is 302 Å². The first kappa shape index (κ1) is 68.2. The van der Waals surface area contributed by atoms with Crippen LogP contribution in [0.25, 0.3) is 0 Å². The number of nitrogens with zero attached hydrogens (tertiary/aromatic N) is 1. The average molecular weight is 999 g/mol. The lowest BCUT2D eigenvalue weighted by Crippen LogP contribution is -2.45. The first-order valence-electron chi connectivity index (χ1n) is 30.6. The number of likely N-dealkylation sites (N-methyl/N-ethyl adjacent to an activating group) is 1. The van der Waals surface area contributed by atoms with Gasteiger partial charge in [0.05, 0.1) is 39.9 Å². The van der Waals surface area contributed by atoms with E-state index in [4.69, 9.17) is 9.05 Å². The molecule has 69 heavy (non-hydrogen) atoms. The predicted octanol–water partition coefficient (Wildman–Crippen LogP) is 18.6. The SMILES string of the molecule is CCCCCCCCCCCCCCCCCCCCCCCCCCCCCCCC/C=C/C(O)C(COP(=O)(O)OCC[N+](C)(C)C)NC(=O)CCCCCCCCCCCCCCCCC. The second-order valence-electron chi connectivity index (χ2n) is 22.4. The van der Waals surface area contributed by atoms with E-state index >= 15 is 0 Å². The average Bonchev–Trinajstić information content (AvgIpc) is 3.31. The molecular formula is C60H122N2O6P+. The number of quaternary nitrogens is 1. The van der Waals surface area contributed by atoms with E-state index in [-0.39, 0.29) is 19.1 Å². The summed E-state index contributed by atoms with van der Waals surface area (Å²) in [4.78, 5) is 23.3. The molecule has 3 N–H and O–H groups in total. The van der Waals surface area contributed by atoms with Gasteiger partial charge in [0.1, 0.15) is 13.2 Å². The van der Waals surface area contributed by atoms with Crippen LogP contribution in [0.15, 0.2) is 12.2 Å². The van der Waals surface area contributed by atoms with Gasteiger partial charge in [0.2, 0.25) is 5.91 Å². The number of aliphatic hydroxyl groups excluding tert-OH is 1. The molecule has 0 rings (SSSR count). The Morgan fingerprint density at radius 3 is 1.07 bits per heavy atom. The summed E-state index contributed by atoms with van der Waals surface area (Å²) in [6, 6.07) is -0.842. The third-order valence-electron chi connectivity index (χ3n) is 14.3. The number of phosphoric acid groups is 1. The number of rotatable bonds is 57. The van der Waals surface area contributed by atoms with Crippen LogP contribution in [0, 0.1) is 0 Å². The van der Waals surface area contributed by atoms with E-state index in [1.807, 2.05) is 27.2 Å². The fraction of sp³-hybridized carbons (Fsp3) is 0.950. The third-order valence-corrected chi connectivity index (χ3v) is 15.2. The molecule has 9 heteroatoms. The number of carbonyl (C=O) groups excluding carboxylic acids is 1. The van der Waals surface area contributed by atoms with Crippen molar-refractivity contribution in [1.82, 2.24) is 5.32 Å². The summed E-state index contributed by atoms with van der Waals surface area (Å²) >= 11 is 0. The Bertz CT molecular complexity index is 1130. The van der Waals surface area contributed by atoms with Crippen LogP contribution in [0.5, 0.6) is 0 Å². The van der Waals surface area contributed by atoms with E-state index in [1.54, 1.807) is 6.08 Å². The Labute approximate surface area is 431 Å². The summed E-state index contributed by atoms with van der Waals surface area (Å²) in [6.45, 7) is 4.86. The second-order valence-corrected chi connectivity index (χ2v) is 23.9. The van der Waals surface area contributed by atoms with Gasteiger partial charge in [0, 0.05) is 6.42 Å². The van der Waals surface area contributed by atoms with Crippen molar-refractivity contribution in [2.45, 2.75) is 328 Å². The zero-order chi connectivity index (χ0) is 50.6. The topological polar surface area (TPSA) is 105 Å². The molecule has 0 bridgehead atoms. The normalized spacial score (nSPS) is 13.9. The van der Waals surface area contributed by atoms with Crippen LogP contribution in [0.2, 0.25) is 0 Å². The molecule has 0 aromatic rings. The number of phosphoric ester groups is 1. The van der Waals surface area contributed by atoms with Crippen LogP contribution in [0.4, 0.5) is 0 Å². The summed E-state index contributed by atoms with van der Waals surface area (Å²) < 4.78 is 23.7. The Morgan fingerprint density at radius 2 is 0.768 bits per heavy atom. The number of hydrogen-bond donors (Lipinski definition) is 3. The van der Waals surface area contributed by atoms with Gasteiger partial charge in [-0.25, -0.2) is 4.57 Å². The lowest BCUT2D eigenvalue weighted by atomic mass is 10.0. The lowest BCUT2D eigenvalue weighted by molar-refractivity contribution is -0.870. The molecule has 0 fully saturated rings. The molecule has 8 nitrogen and oxygen atoms in total. The van der Waals surface area contributed by atoms with Crippen LogP contribution in [0.1, 0.15) is 316 Å². The highest BCUT2D eigenvalue weighted by Crippen LogP contribution is 2.43. The summed E-state index contributed by atoms with van der Waals surface area (Å²) in [5.74, 6) is -0.171. The highest BCUT2D eigenvalue weighted by Gasteiger charge is 2.27. The molecule has 0 spiro atoms. The number of amides is 1. The summed E-state index contributed by atoms with van der Waals surface area (Å²) in [5.41, 5.74) is 0. The molecule has 0 aromatic heterocycles. The quantitative estimate of drug-likeness (QED) is 0.0243. The number of allylic oxidation sites excluding steroid dienone is 1. The largest absolute Gasteiger partial charge is 0.472 e. The Balaban J connectivity index is 4.03. The molecule has 0 heterocycles. The van der Waals surface area contributed by atoms with Gasteiger partial charge >= 0.3 is 7.82 Å². The summed E-state index contributed by atoms with van der Waals surface area (Å²) in [5, 5.41) is 13.9. The summed E-state index contributed by atoms with van der Waals surface area (Å²) in [7, 11) is 1.59. The highest BCUT2D eigenvalue weighted by molar-refractivity contribution is 7.47. The maximum atomic E-state index is 13.0. The molecule has 0 saturated carbocycles. The maximum absolute atomic E-state index is 13.0. The van der Waals surface area contributed by atoms with E-state index in [9.17, 15) is 19.4 Å². The molecule has 0 radical (unpaired) electrons. The Morgan fingerprint density at radius 1 is 0.478 bits per heavy atom. The lowest BCUT2D eigenvalue weighted by Gasteiger charge is -2.25. The molecule has 1 amide bonds. The van der Waals surface area contributed by atoms with Crippen LogP contribution in [-0.2, 0) is 18.4 Å². The monoisotopic (exact) mass is 998 g/mol. The zero-order valence-corrected chi connectivity index (χ0v) is 48.0. The number of nitrogens with one attached hydrogen (secondary N) is 1. The van der Waals surface area contributed by atoms with Crippen LogP contribution in [-0.4, -0.2) is 73.4 Å². The number of hydrogen-bond acceptors (Lipinski definition) is 5. The molecule has 0 aromatic carbocycles. The van der Waals surface area contributed by atoms with Gasteiger partial charge < -0.3 is 19.8 Å². The van der Waals surface area contributed by atoms with Gasteiger partial charge in [-0.05, 0) is 19.3 Å². The molecule has 0 aliphatic carbocycles. The molecule has 0 aliphatic heterocycles. The van der Waals surface area contributed by atoms with Crippen molar-refractivity contribution in [3.8, 4) is 0 Å². The molecule has 0 aliphatic rings. The minimum absolute atomic E-state index is 0.0651. The molecule has 0 saturated heterocycles. The highest BCUT2D eigenvalue weighted by atomic mass is 31.2. The number of carbonyl (C=O) groups is 1. The second kappa shape index (κ2) is 52.1.